The maximum atomic E-state index is 11.4. The third-order valence-corrected chi connectivity index (χ3v) is 3.60. The highest BCUT2D eigenvalue weighted by molar-refractivity contribution is 6.34. The fourth-order valence-corrected chi connectivity index (χ4v) is 2.65. The lowest BCUT2D eigenvalue weighted by molar-refractivity contribution is -0.0103. The number of anilines is 2. The minimum absolute atomic E-state index is 0.0444. The molecule has 0 aliphatic carbocycles. The van der Waals surface area contributed by atoms with E-state index in [9.17, 15) is 15.0 Å². The molecule has 1 saturated heterocycles. The van der Waals surface area contributed by atoms with Crippen LogP contribution in [-0.4, -0.2) is 48.1 Å². The largest absolute Gasteiger partial charge is 0.478 e. The summed E-state index contributed by atoms with van der Waals surface area (Å²) in [5.41, 5.74) is 6.43. The summed E-state index contributed by atoms with van der Waals surface area (Å²) in [6, 6.07) is 2.87. The van der Waals surface area contributed by atoms with E-state index < -0.39 is 5.97 Å². The number of morpholine rings is 1. The number of hydrogen-bond donors (Lipinski definition) is 3. The van der Waals surface area contributed by atoms with Crippen LogP contribution in [0.3, 0.4) is 0 Å². The first-order valence-electron chi connectivity index (χ1n) is 6.25. The topological polar surface area (TPSA) is 96.0 Å². The third kappa shape index (κ3) is 2.82. The number of carboxylic acid groups (broad SMARTS) is 1. The molecule has 20 heavy (non-hydrogen) atoms. The molecule has 0 radical (unpaired) electrons. The summed E-state index contributed by atoms with van der Waals surface area (Å²) >= 11 is 6.18. The molecule has 7 heteroatoms. The Kier molecular flexibility index (Phi) is 4.37. The maximum Gasteiger partial charge on any atom is 0.337 e. The Bertz CT molecular complexity index is 523. The summed E-state index contributed by atoms with van der Waals surface area (Å²) in [6.45, 7) is 2.55. The predicted molar refractivity (Wildman–Crippen MR) is 76.5 cm³/mol. The average molecular weight is 301 g/mol. The van der Waals surface area contributed by atoms with Crippen molar-refractivity contribution in [3.63, 3.8) is 0 Å². The van der Waals surface area contributed by atoms with Crippen LogP contribution in [0.2, 0.25) is 5.02 Å². The van der Waals surface area contributed by atoms with Crippen LogP contribution in [-0.2, 0) is 4.74 Å². The second-order valence-corrected chi connectivity index (χ2v) is 5.25. The van der Waals surface area contributed by atoms with Crippen LogP contribution >= 0.6 is 11.6 Å². The van der Waals surface area contributed by atoms with Crippen molar-refractivity contribution >= 4 is 28.9 Å². The zero-order valence-corrected chi connectivity index (χ0v) is 11.8. The van der Waals surface area contributed by atoms with Gasteiger partial charge >= 0.3 is 5.97 Å². The van der Waals surface area contributed by atoms with Crippen molar-refractivity contribution in [3.05, 3.63) is 22.7 Å². The summed E-state index contributed by atoms with van der Waals surface area (Å²) in [5, 5.41) is 18.8. The quantitative estimate of drug-likeness (QED) is 0.726. The fraction of sp³-hybridized carbons (Fsp3) is 0.462. The first-order chi connectivity index (χ1) is 9.43. The lowest BCUT2D eigenvalue weighted by atomic mass is 10.1. The van der Waals surface area contributed by atoms with Gasteiger partial charge in [0.1, 0.15) is 0 Å². The maximum absolute atomic E-state index is 11.4. The number of nitrogen functional groups attached to an aromatic ring is 1. The van der Waals surface area contributed by atoms with E-state index in [0.717, 1.165) is 0 Å². The van der Waals surface area contributed by atoms with Crippen molar-refractivity contribution in [1.29, 1.82) is 0 Å². The van der Waals surface area contributed by atoms with Gasteiger partial charge in [0.05, 0.1) is 35.6 Å². The van der Waals surface area contributed by atoms with Crippen LogP contribution in [0.1, 0.15) is 17.3 Å². The molecule has 4 N–H and O–H groups in total. The molecule has 6 nitrogen and oxygen atoms in total. The lowest BCUT2D eigenvalue weighted by Crippen LogP contribution is -2.50. The SMILES string of the molecule is CC1COC(CO)CN1c1c(Cl)cc(N)cc1C(=O)O. The molecule has 1 aromatic carbocycles. The lowest BCUT2D eigenvalue weighted by Gasteiger charge is -2.40. The second kappa shape index (κ2) is 5.87. The number of rotatable bonds is 3. The highest BCUT2D eigenvalue weighted by atomic mass is 35.5. The summed E-state index contributed by atoms with van der Waals surface area (Å²) in [5.74, 6) is -1.09. The van der Waals surface area contributed by atoms with E-state index in [1.54, 1.807) is 0 Å². The normalized spacial score (nSPS) is 22.9. The van der Waals surface area contributed by atoms with Gasteiger partial charge in [0, 0.05) is 18.3 Å². The molecular weight excluding hydrogens is 284 g/mol. The highest BCUT2D eigenvalue weighted by Crippen LogP contribution is 2.35. The number of benzene rings is 1. The summed E-state index contributed by atoms with van der Waals surface area (Å²) in [6.07, 6.45) is -0.360. The molecular formula is C13H17ClN2O4. The van der Waals surface area contributed by atoms with Gasteiger partial charge in [-0.25, -0.2) is 4.79 Å². The van der Waals surface area contributed by atoms with Crippen molar-refractivity contribution < 1.29 is 19.7 Å². The van der Waals surface area contributed by atoms with Gasteiger partial charge in [-0.1, -0.05) is 11.6 Å². The molecule has 0 bridgehead atoms. The van der Waals surface area contributed by atoms with Gasteiger partial charge in [-0.15, -0.1) is 0 Å². The fourth-order valence-electron chi connectivity index (χ4n) is 2.31. The van der Waals surface area contributed by atoms with E-state index in [-0.39, 0.29) is 29.3 Å². The Hall–Kier alpha value is -1.50. The zero-order valence-electron chi connectivity index (χ0n) is 11.0. The first-order valence-corrected chi connectivity index (χ1v) is 6.63. The van der Waals surface area contributed by atoms with Crippen molar-refractivity contribution in [2.24, 2.45) is 0 Å². The van der Waals surface area contributed by atoms with Crippen molar-refractivity contribution in [1.82, 2.24) is 0 Å². The van der Waals surface area contributed by atoms with Gasteiger partial charge in [0.25, 0.3) is 0 Å². The molecule has 2 unspecified atom stereocenters. The second-order valence-electron chi connectivity index (χ2n) is 4.84. The molecule has 1 aliphatic rings. The van der Waals surface area contributed by atoms with Crippen LogP contribution in [0, 0.1) is 0 Å². The number of hydrogen-bond acceptors (Lipinski definition) is 5. The van der Waals surface area contributed by atoms with Crippen LogP contribution in [0.25, 0.3) is 0 Å². The van der Waals surface area contributed by atoms with E-state index in [1.165, 1.54) is 12.1 Å². The summed E-state index contributed by atoms with van der Waals surface area (Å²) < 4.78 is 5.45. The van der Waals surface area contributed by atoms with Gasteiger partial charge in [-0.2, -0.15) is 0 Å². The van der Waals surface area contributed by atoms with Crippen LogP contribution in [0.15, 0.2) is 12.1 Å². The minimum Gasteiger partial charge on any atom is -0.478 e. The van der Waals surface area contributed by atoms with Gasteiger partial charge in [-0.05, 0) is 19.1 Å². The number of carbonyl (C=O) groups is 1. The molecule has 0 aromatic heterocycles. The van der Waals surface area contributed by atoms with E-state index in [0.29, 0.717) is 24.5 Å². The number of ether oxygens (including phenoxy) is 1. The smallest absolute Gasteiger partial charge is 0.337 e. The number of aliphatic hydroxyl groups is 1. The first kappa shape index (κ1) is 14.9. The molecule has 1 aliphatic heterocycles. The molecule has 0 saturated carbocycles. The van der Waals surface area contributed by atoms with Gasteiger partial charge in [-0.3, -0.25) is 0 Å². The number of aromatic carboxylic acids is 1. The molecule has 2 atom stereocenters. The Labute approximate surface area is 121 Å². The summed E-state index contributed by atoms with van der Waals surface area (Å²) in [4.78, 5) is 13.2. The van der Waals surface area contributed by atoms with Gasteiger partial charge in [0.15, 0.2) is 0 Å². The Balaban J connectivity index is 2.47. The Morgan fingerprint density at radius 2 is 2.30 bits per heavy atom. The highest BCUT2D eigenvalue weighted by Gasteiger charge is 2.30. The van der Waals surface area contributed by atoms with Crippen molar-refractivity contribution in [2.45, 2.75) is 19.1 Å². The molecule has 1 heterocycles. The molecule has 1 aromatic rings. The van der Waals surface area contributed by atoms with E-state index >= 15 is 0 Å². The number of aliphatic hydroxyl groups excluding tert-OH is 1. The Morgan fingerprint density at radius 3 is 2.90 bits per heavy atom. The van der Waals surface area contributed by atoms with Crippen LogP contribution in [0.4, 0.5) is 11.4 Å². The standard InChI is InChI=1S/C13H17ClN2O4/c1-7-6-20-9(5-17)4-16(7)12-10(13(18)19)2-8(15)3-11(12)14/h2-3,7,9,17H,4-6,15H2,1H3,(H,18,19). The van der Waals surface area contributed by atoms with Gasteiger partial charge in [0.2, 0.25) is 0 Å². The van der Waals surface area contributed by atoms with Gasteiger partial charge < -0.3 is 25.6 Å². The van der Waals surface area contributed by atoms with Crippen LogP contribution < -0.4 is 10.6 Å². The third-order valence-electron chi connectivity index (χ3n) is 3.31. The molecule has 0 amide bonds. The van der Waals surface area contributed by atoms with E-state index in [4.69, 9.17) is 22.1 Å². The minimum atomic E-state index is -1.09. The molecule has 110 valence electrons. The molecule has 2 rings (SSSR count). The molecule has 0 spiro atoms. The Morgan fingerprint density at radius 1 is 1.60 bits per heavy atom. The summed E-state index contributed by atoms with van der Waals surface area (Å²) in [7, 11) is 0. The van der Waals surface area contributed by atoms with Crippen molar-refractivity contribution in [3.8, 4) is 0 Å². The number of nitrogens with two attached hydrogens (primary N) is 1. The number of carboxylic acids is 1. The van der Waals surface area contributed by atoms with Crippen molar-refractivity contribution in [2.75, 3.05) is 30.4 Å². The average Bonchev–Trinajstić information content (AvgIpc) is 2.39. The zero-order chi connectivity index (χ0) is 14.9. The number of halogens is 1. The number of nitrogens with zero attached hydrogens (tertiary/aromatic N) is 1. The van der Waals surface area contributed by atoms with Crippen LogP contribution in [0.5, 0.6) is 0 Å². The van der Waals surface area contributed by atoms with E-state index in [1.807, 2.05) is 11.8 Å². The predicted octanol–water partition coefficient (Wildman–Crippen LogP) is 1.21. The monoisotopic (exact) mass is 300 g/mol. The van der Waals surface area contributed by atoms with E-state index in [2.05, 4.69) is 0 Å². The molecule has 1 fully saturated rings.